The Morgan fingerprint density at radius 2 is 1.84 bits per heavy atom. The number of benzene rings is 2. The molecule has 0 aliphatic carbocycles. The summed E-state index contributed by atoms with van der Waals surface area (Å²) < 4.78 is 23.5. The molecule has 7 heteroatoms. The molecule has 0 heterocycles. The summed E-state index contributed by atoms with van der Waals surface area (Å²) in [6.07, 6.45) is 5.91. The van der Waals surface area contributed by atoms with Crippen LogP contribution in [0, 0.1) is 17.1 Å². The summed E-state index contributed by atoms with van der Waals surface area (Å²) in [5.41, 5.74) is 1.15. The van der Waals surface area contributed by atoms with Gasteiger partial charge in [-0.15, -0.1) is 0 Å². The fraction of sp³-hybridized carbons (Fsp3) is 0.208. The van der Waals surface area contributed by atoms with Gasteiger partial charge in [-0.3, -0.25) is 4.79 Å². The lowest BCUT2D eigenvalue weighted by molar-refractivity contribution is -0.129. The Morgan fingerprint density at radius 3 is 2.48 bits per heavy atom. The molecule has 2 aromatic carbocycles. The normalized spacial score (nSPS) is 11.1. The first kappa shape index (κ1) is 23.4. The molecule has 0 unspecified atom stereocenters. The number of unbranched alkanes of at least 4 members (excludes halogenated alkanes) is 1. The average Bonchev–Trinajstić information content (AvgIpc) is 2.78. The van der Waals surface area contributed by atoms with Gasteiger partial charge in [0.05, 0.1) is 7.11 Å². The second-order valence-electron chi connectivity index (χ2n) is 6.50. The van der Waals surface area contributed by atoms with Crippen LogP contribution in [0.1, 0.15) is 30.9 Å². The van der Waals surface area contributed by atoms with Gasteiger partial charge in [0.2, 0.25) is 0 Å². The van der Waals surface area contributed by atoms with E-state index in [4.69, 9.17) is 9.47 Å². The second-order valence-corrected chi connectivity index (χ2v) is 6.50. The number of ether oxygens (including phenoxy) is 2. The fourth-order valence-corrected chi connectivity index (χ4v) is 2.53. The predicted octanol–water partition coefficient (Wildman–Crippen LogP) is 4.28. The van der Waals surface area contributed by atoms with Gasteiger partial charge in [0.15, 0.2) is 11.5 Å². The lowest BCUT2D eigenvalue weighted by Gasteiger charge is -2.09. The number of nitrogens with one attached hydrogen (secondary N) is 1. The number of methoxy groups -OCH3 is 1. The number of carbonyl (C=O) groups is 2. The van der Waals surface area contributed by atoms with Gasteiger partial charge >= 0.3 is 5.97 Å². The van der Waals surface area contributed by atoms with Crippen LogP contribution in [-0.2, 0) is 9.59 Å². The average molecular weight is 422 g/mol. The third-order valence-electron chi connectivity index (χ3n) is 4.17. The summed E-state index contributed by atoms with van der Waals surface area (Å²) >= 11 is 0. The monoisotopic (exact) mass is 422 g/mol. The summed E-state index contributed by atoms with van der Waals surface area (Å²) in [6.45, 7) is 2.50. The van der Waals surface area contributed by atoms with Crippen LogP contribution in [0.5, 0.6) is 11.5 Å². The summed E-state index contributed by atoms with van der Waals surface area (Å²) in [7, 11) is 1.41. The molecule has 2 rings (SSSR count). The van der Waals surface area contributed by atoms with Gasteiger partial charge < -0.3 is 14.8 Å². The first-order valence-corrected chi connectivity index (χ1v) is 9.70. The number of esters is 1. The number of halogens is 1. The molecule has 0 fully saturated rings. The van der Waals surface area contributed by atoms with Gasteiger partial charge in [-0.2, -0.15) is 5.26 Å². The van der Waals surface area contributed by atoms with E-state index in [2.05, 4.69) is 5.32 Å². The molecule has 6 nitrogen and oxygen atoms in total. The van der Waals surface area contributed by atoms with Crippen LogP contribution in [0.2, 0.25) is 0 Å². The molecule has 2 aromatic rings. The van der Waals surface area contributed by atoms with E-state index in [0.717, 1.165) is 12.8 Å². The third-order valence-corrected chi connectivity index (χ3v) is 4.17. The van der Waals surface area contributed by atoms with Crippen molar-refractivity contribution in [3.8, 4) is 17.6 Å². The molecule has 1 N–H and O–H groups in total. The first-order valence-electron chi connectivity index (χ1n) is 9.70. The Labute approximate surface area is 180 Å². The Morgan fingerprint density at radius 1 is 1.13 bits per heavy atom. The number of hydrogen-bond donors (Lipinski definition) is 1. The molecule has 160 valence electrons. The van der Waals surface area contributed by atoms with Gasteiger partial charge in [-0.25, -0.2) is 9.18 Å². The van der Waals surface area contributed by atoms with Crippen LogP contribution < -0.4 is 14.8 Å². The largest absolute Gasteiger partial charge is 0.493 e. The van der Waals surface area contributed by atoms with Gasteiger partial charge in [0.25, 0.3) is 5.91 Å². The molecule has 0 aliphatic rings. The molecule has 0 aliphatic heterocycles. The van der Waals surface area contributed by atoms with E-state index < -0.39 is 11.9 Å². The van der Waals surface area contributed by atoms with E-state index in [9.17, 15) is 19.2 Å². The van der Waals surface area contributed by atoms with Crippen molar-refractivity contribution in [2.45, 2.75) is 19.8 Å². The lowest BCUT2D eigenvalue weighted by atomic mass is 10.1. The summed E-state index contributed by atoms with van der Waals surface area (Å²) in [5.74, 6) is -1.01. The number of rotatable bonds is 9. The van der Waals surface area contributed by atoms with E-state index >= 15 is 0 Å². The fourth-order valence-electron chi connectivity index (χ4n) is 2.53. The van der Waals surface area contributed by atoms with E-state index in [-0.39, 0.29) is 22.9 Å². The highest BCUT2D eigenvalue weighted by Crippen LogP contribution is 2.29. The molecule has 31 heavy (non-hydrogen) atoms. The molecule has 0 radical (unpaired) electrons. The van der Waals surface area contributed by atoms with Crippen molar-refractivity contribution >= 4 is 24.0 Å². The zero-order valence-corrected chi connectivity index (χ0v) is 17.4. The minimum absolute atomic E-state index is 0.0369. The second kappa shape index (κ2) is 11.9. The molecule has 0 saturated carbocycles. The smallest absolute Gasteiger partial charge is 0.336 e. The molecule has 0 bridgehead atoms. The van der Waals surface area contributed by atoms with Crippen LogP contribution in [0.3, 0.4) is 0 Å². The maximum Gasteiger partial charge on any atom is 0.336 e. The molecule has 0 saturated heterocycles. The van der Waals surface area contributed by atoms with Crippen molar-refractivity contribution in [1.29, 1.82) is 5.26 Å². The summed E-state index contributed by atoms with van der Waals surface area (Å²) in [4.78, 5) is 24.2. The van der Waals surface area contributed by atoms with Crippen molar-refractivity contribution < 1.29 is 23.5 Å². The lowest BCUT2D eigenvalue weighted by Crippen LogP contribution is -2.25. The van der Waals surface area contributed by atoms with Crippen molar-refractivity contribution in [3.63, 3.8) is 0 Å². The zero-order valence-electron chi connectivity index (χ0n) is 17.4. The molecule has 0 spiro atoms. The van der Waals surface area contributed by atoms with Gasteiger partial charge in [0.1, 0.15) is 17.5 Å². The van der Waals surface area contributed by atoms with Crippen molar-refractivity contribution in [3.05, 3.63) is 71.1 Å². The summed E-state index contributed by atoms with van der Waals surface area (Å²) in [5, 5.41) is 12.0. The molecule has 0 atom stereocenters. The SMILES string of the molecule is CCCCNC(=O)/C(C#N)=C/c1ccc(OC(=O)/C=C/c2ccc(F)cc2)c(OC)c1. The molecule has 0 aromatic heterocycles. The van der Waals surface area contributed by atoms with Crippen LogP contribution in [0.4, 0.5) is 4.39 Å². The Kier molecular flexibility index (Phi) is 8.99. The van der Waals surface area contributed by atoms with Crippen LogP contribution in [-0.4, -0.2) is 25.5 Å². The zero-order chi connectivity index (χ0) is 22.6. The number of hydrogen-bond acceptors (Lipinski definition) is 5. The number of carbonyl (C=O) groups excluding carboxylic acids is 2. The highest BCUT2D eigenvalue weighted by Gasteiger charge is 2.12. The van der Waals surface area contributed by atoms with Gasteiger partial charge in [-0.1, -0.05) is 31.5 Å². The van der Waals surface area contributed by atoms with Crippen molar-refractivity contribution in [1.82, 2.24) is 5.32 Å². The van der Waals surface area contributed by atoms with E-state index in [1.54, 1.807) is 12.1 Å². The van der Waals surface area contributed by atoms with Gasteiger partial charge in [-0.05, 0) is 54.0 Å². The summed E-state index contributed by atoms with van der Waals surface area (Å²) in [6, 6.07) is 12.2. The van der Waals surface area contributed by atoms with E-state index in [1.165, 1.54) is 55.7 Å². The minimum Gasteiger partial charge on any atom is -0.493 e. The molecular weight excluding hydrogens is 399 g/mol. The Bertz CT molecular complexity index is 1020. The van der Waals surface area contributed by atoms with Crippen LogP contribution >= 0.6 is 0 Å². The third kappa shape index (κ3) is 7.44. The van der Waals surface area contributed by atoms with Crippen LogP contribution in [0.15, 0.2) is 54.1 Å². The number of nitriles is 1. The Balaban J connectivity index is 2.11. The number of amides is 1. The molecule has 1 amide bonds. The minimum atomic E-state index is -0.640. The number of nitrogens with zero attached hydrogens (tertiary/aromatic N) is 1. The standard InChI is InChI=1S/C24H23FN2O4/c1-3-4-13-27-24(29)19(16-26)14-18-7-11-21(22(15-18)30-2)31-23(28)12-8-17-5-9-20(25)10-6-17/h5-12,14-15H,3-4,13H2,1-2H3,(H,27,29)/b12-8+,19-14+. The van der Waals surface area contributed by atoms with Crippen LogP contribution in [0.25, 0.3) is 12.2 Å². The van der Waals surface area contributed by atoms with Crippen molar-refractivity contribution in [2.75, 3.05) is 13.7 Å². The highest BCUT2D eigenvalue weighted by atomic mass is 19.1. The van der Waals surface area contributed by atoms with E-state index in [1.807, 2.05) is 13.0 Å². The predicted molar refractivity (Wildman–Crippen MR) is 116 cm³/mol. The maximum atomic E-state index is 12.9. The highest BCUT2D eigenvalue weighted by molar-refractivity contribution is 6.01. The quantitative estimate of drug-likeness (QED) is 0.214. The first-order chi connectivity index (χ1) is 15.0. The van der Waals surface area contributed by atoms with E-state index in [0.29, 0.717) is 17.7 Å². The van der Waals surface area contributed by atoms with Crippen molar-refractivity contribution in [2.24, 2.45) is 0 Å². The molecular formula is C24H23FN2O4. The Hall–Kier alpha value is -3.92. The topological polar surface area (TPSA) is 88.4 Å². The maximum absolute atomic E-state index is 12.9. The van der Waals surface area contributed by atoms with Gasteiger partial charge in [0, 0.05) is 12.6 Å².